The standard InChI is InChI=1S/C16H21N3O3/c1-11-4-5-12(22-11)10-18(2)16(20)13-7-9-21-15(13)14-6-8-17-19(14)3/h4-6,8,13,15H,7,9-10H2,1-3H3/t13-,15-/m1/s1. The van der Waals surface area contributed by atoms with E-state index in [9.17, 15) is 4.79 Å². The van der Waals surface area contributed by atoms with Gasteiger partial charge in [0.2, 0.25) is 5.91 Å². The largest absolute Gasteiger partial charge is 0.464 e. The van der Waals surface area contributed by atoms with Crippen molar-refractivity contribution in [1.82, 2.24) is 14.7 Å². The minimum absolute atomic E-state index is 0.0813. The zero-order valence-corrected chi connectivity index (χ0v) is 13.2. The Balaban J connectivity index is 1.71. The zero-order valence-electron chi connectivity index (χ0n) is 13.2. The Hall–Kier alpha value is -2.08. The van der Waals surface area contributed by atoms with Crippen molar-refractivity contribution >= 4 is 5.91 Å². The minimum atomic E-state index is -0.221. The van der Waals surface area contributed by atoms with Crippen molar-refractivity contribution < 1.29 is 13.9 Å². The Labute approximate surface area is 129 Å². The van der Waals surface area contributed by atoms with E-state index in [0.717, 1.165) is 23.6 Å². The molecule has 3 rings (SSSR count). The SMILES string of the molecule is Cc1ccc(CN(C)C(=O)[C@@H]2CCO[C@H]2c2ccnn2C)o1. The molecule has 1 saturated heterocycles. The highest BCUT2D eigenvalue weighted by Crippen LogP contribution is 2.35. The van der Waals surface area contributed by atoms with Crippen LogP contribution < -0.4 is 0 Å². The van der Waals surface area contributed by atoms with Crippen LogP contribution in [-0.2, 0) is 23.1 Å². The fraction of sp³-hybridized carbons (Fsp3) is 0.500. The molecule has 0 bridgehead atoms. The molecule has 3 heterocycles. The molecular weight excluding hydrogens is 282 g/mol. The van der Waals surface area contributed by atoms with Crippen LogP contribution in [0.15, 0.2) is 28.8 Å². The van der Waals surface area contributed by atoms with E-state index < -0.39 is 0 Å². The van der Waals surface area contributed by atoms with Gasteiger partial charge < -0.3 is 14.1 Å². The summed E-state index contributed by atoms with van der Waals surface area (Å²) < 4.78 is 13.1. The van der Waals surface area contributed by atoms with E-state index in [4.69, 9.17) is 9.15 Å². The maximum atomic E-state index is 12.7. The van der Waals surface area contributed by atoms with Gasteiger partial charge in [-0.25, -0.2) is 0 Å². The lowest BCUT2D eigenvalue weighted by atomic mass is 9.97. The third-order valence-corrected chi connectivity index (χ3v) is 4.12. The summed E-state index contributed by atoms with van der Waals surface area (Å²) in [7, 11) is 3.67. The number of hydrogen-bond donors (Lipinski definition) is 0. The quantitative estimate of drug-likeness (QED) is 0.867. The third kappa shape index (κ3) is 2.78. The highest BCUT2D eigenvalue weighted by Gasteiger charge is 2.38. The number of carbonyl (C=O) groups is 1. The van der Waals surface area contributed by atoms with E-state index in [1.807, 2.05) is 32.2 Å². The molecule has 0 aliphatic carbocycles. The normalized spacial score (nSPS) is 21.2. The Bertz CT molecular complexity index is 661. The van der Waals surface area contributed by atoms with Crippen molar-refractivity contribution in [1.29, 1.82) is 0 Å². The van der Waals surface area contributed by atoms with E-state index in [2.05, 4.69) is 5.10 Å². The van der Waals surface area contributed by atoms with Crippen molar-refractivity contribution in [2.75, 3.05) is 13.7 Å². The Kier molecular flexibility index (Phi) is 4.02. The van der Waals surface area contributed by atoms with Crippen LogP contribution in [0.1, 0.15) is 29.7 Å². The van der Waals surface area contributed by atoms with Gasteiger partial charge >= 0.3 is 0 Å². The lowest BCUT2D eigenvalue weighted by Gasteiger charge is -2.23. The van der Waals surface area contributed by atoms with E-state index in [1.54, 1.807) is 22.8 Å². The van der Waals surface area contributed by atoms with Gasteiger partial charge in [0.1, 0.15) is 17.6 Å². The Morgan fingerprint density at radius 3 is 2.91 bits per heavy atom. The first-order chi connectivity index (χ1) is 10.6. The second kappa shape index (κ2) is 5.96. The number of amides is 1. The molecule has 1 fully saturated rings. The van der Waals surface area contributed by atoms with Gasteiger partial charge in [-0.15, -0.1) is 0 Å². The number of ether oxygens (including phenoxy) is 1. The summed E-state index contributed by atoms with van der Waals surface area (Å²) in [4.78, 5) is 14.5. The van der Waals surface area contributed by atoms with Crippen molar-refractivity contribution in [3.8, 4) is 0 Å². The maximum Gasteiger partial charge on any atom is 0.228 e. The lowest BCUT2D eigenvalue weighted by molar-refractivity contribution is -0.137. The predicted molar refractivity (Wildman–Crippen MR) is 79.9 cm³/mol. The molecule has 1 aliphatic heterocycles. The molecule has 1 amide bonds. The molecule has 0 unspecified atom stereocenters. The van der Waals surface area contributed by atoms with Crippen LogP contribution in [0.25, 0.3) is 0 Å². The van der Waals surface area contributed by atoms with Gasteiger partial charge in [-0.2, -0.15) is 5.10 Å². The summed E-state index contributed by atoms with van der Waals surface area (Å²) in [6.45, 7) is 2.97. The molecule has 118 valence electrons. The Morgan fingerprint density at radius 1 is 1.45 bits per heavy atom. The topological polar surface area (TPSA) is 60.5 Å². The number of rotatable bonds is 4. The number of aryl methyl sites for hydroxylation is 2. The van der Waals surface area contributed by atoms with Gasteiger partial charge in [0.25, 0.3) is 0 Å². The number of hydrogen-bond acceptors (Lipinski definition) is 4. The van der Waals surface area contributed by atoms with Gasteiger partial charge in [-0.3, -0.25) is 9.48 Å². The molecule has 0 saturated carbocycles. The number of aromatic nitrogens is 2. The summed E-state index contributed by atoms with van der Waals surface area (Å²) >= 11 is 0. The molecule has 2 aromatic heterocycles. The molecule has 22 heavy (non-hydrogen) atoms. The minimum Gasteiger partial charge on any atom is -0.464 e. The van der Waals surface area contributed by atoms with E-state index in [-0.39, 0.29) is 17.9 Å². The zero-order chi connectivity index (χ0) is 15.7. The first kappa shape index (κ1) is 14.8. The molecule has 0 radical (unpaired) electrons. The third-order valence-electron chi connectivity index (χ3n) is 4.12. The number of nitrogens with zero attached hydrogens (tertiary/aromatic N) is 3. The van der Waals surface area contributed by atoms with Crippen LogP contribution in [0.5, 0.6) is 0 Å². The Morgan fingerprint density at radius 2 is 2.27 bits per heavy atom. The molecule has 6 nitrogen and oxygen atoms in total. The molecule has 6 heteroatoms. The number of carbonyl (C=O) groups excluding carboxylic acids is 1. The fourth-order valence-corrected chi connectivity index (χ4v) is 2.96. The molecule has 1 aliphatic rings. The highest BCUT2D eigenvalue weighted by atomic mass is 16.5. The number of furan rings is 1. The maximum absolute atomic E-state index is 12.7. The molecule has 0 spiro atoms. The smallest absolute Gasteiger partial charge is 0.228 e. The van der Waals surface area contributed by atoms with E-state index >= 15 is 0 Å². The van der Waals surface area contributed by atoms with Crippen molar-refractivity contribution in [2.24, 2.45) is 13.0 Å². The molecule has 0 aromatic carbocycles. The van der Waals surface area contributed by atoms with Crippen LogP contribution >= 0.6 is 0 Å². The summed E-state index contributed by atoms with van der Waals surface area (Å²) in [5.41, 5.74) is 0.943. The molecule has 2 atom stereocenters. The van der Waals surface area contributed by atoms with Crippen LogP contribution in [0.2, 0.25) is 0 Å². The van der Waals surface area contributed by atoms with Crippen LogP contribution in [-0.4, -0.2) is 34.2 Å². The van der Waals surface area contributed by atoms with Crippen LogP contribution in [0.3, 0.4) is 0 Å². The summed E-state index contributed by atoms with van der Waals surface area (Å²) in [6.07, 6.45) is 2.24. The average molecular weight is 303 g/mol. The summed E-state index contributed by atoms with van der Waals surface area (Å²) in [5, 5.41) is 4.17. The van der Waals surface area contributed by atoms with Crippen LogP contribution in [0.4, 0.5) is 0 Å². The monoisotopic (exact) mass is 303 g/mol. The van der Waals surface area contributed by atoms with Crippen LogP contribution in [0, 0.1) is 12.8 Å². The summed E-state index contributed by atoms with van der Waals surface area (Å²) in [6, 6.07) is 5.72. The predicted octanol–water partition coefficient (Wildman–Crippen LogP) is 2.06. The lowest BCUT2D eigenvalue weighted by Crippen LogP contribution is -2.34. The average Bonchev–Trinajstić information content (AvgIpc) is 3.19. The van der Waals surface area contributed by atoms with Gasteiger partial charge in [0.05, 0.1) is 18.2 Å². The highest BCUT2D eigenvalue weighted by molar-refractivity contribution is 5.79. The van der Waals surface area contributed by atoms with Crippen molar-refractivity contribution in [3.05, 3.63) is 41.6 Å². The van der Waals surface area contributed by atoms with Crippen molar-refractivity contribution in [2.45, 2.75) is 26.0 Å². The second-order valence-electron chi connectivity index (χ2n) is 5.77. The van der Waals surface area contributed by atoms with Gasteiger partial charge in [-0.1, -0.05) is 0 Å². The second-order valence-corrected chi connectivity index (χ2v) is 5.77. The molecule has 2 aromatic rings. The van der Waals surface area contributed by atoms with Gasteiger partial charge in [0, 0.05) is 26.9 Å². The molecular formula is C16H21N3O3. The fourth-order valence-electron chi connectivity index (χ4n) is 2.96. The molecule has 0 N–H and O–H groups in total. The van der Waals surface area contributed by atoms with Crippen molar-refractivity contribution in [3.63, 3.8) is 0 Å². The van der Waals surface area contributed by atoms with Gasteiger partial charge in [0.15, 0.2) is 0 Å². The van der Waals surface area contributed by atoms with Gasteiger partial charge in [-0.05, 0) is 31.5 Å². The van der Waals surface area contributed by atoms with E-state index in [1.165, 1.54) is 0 Å². The van der Waals surface area contributed by atoms with E-state index in [0.29, 0.717) is 13.2 Å². The first-order valence-electron chi connectivity index (χ1n) is 7.46. The summed E-state index contributed by atoms with van der Waals surface area (Å²) in [5.74, 6) is 1.56. The first-order valence-corrected chi connectivity index (χ1v) is 7.46.